The predicted molar refractivity (Wildman–Crippen MR) is 62.1 cm³/mol. The topological polar surface area (TPSA) is 61.4 Å². The quantitative estimate of drug-likeness (QED) is 0.619. The number of hydrogen-bond acceptors (Lipinski definition) is 2. The van der Waals surface area contributed by atoms with Crippen LogP contribution in [-0.2, 0) is 0 Å². The Morgan fingerprint density at radius 2 is 1.56 bits per heavy atom. The number of hydrogen-bond donors (Lipinski definition) is 3. The highest BCUT2D eigenvalue weighted by molar-refractivity contribution is 5.74. The molecule has 0 bridgehead atoms. The Balaban J connectivity index is 1.66. The second-order valence-electron chi connectivity index (χ2n) is 4.76. The minimum Gasteiger partial charge on any atom is -0.393 e. The summed E-state index contributed by atoms with van der Waals surface area (Å²) < 4.78 is 0. The average Bonchev–Trinajstić information content (AvgIpc) is 2.74. The highest BCUT2D eigenvalue weighted by Gasteiger charge is 2.21. The van der Waals surface area contributed by atoms with Gasteiger partial charge in [0.05, 0.1) is 6.10 Å². The van der Waals surface area contributed by atoms with Crippen LogP contribution in [0.4, 0.5) is 4.79 Å². The van der Waals surface area contributed by atoms with Gasteiger partial charge in [0.15, 0.2) is 0 Å². The Bertz CT molecular complexity index is 262. The van der Waals surface area contributed by atoms with E-state index >= 15 is 0 Å². The fraction of sp³-hybridized carbons (Fsp3) is 0.750. The van der Waals surface area contributed by atoms with E-state index in [0.717, 1.165) is 38.5 Å². The van der Waals surface area contributed by atoms with Crippen molar-refractivity contribution in [2.45, 2.75) is 56.7 Å². The lowest BCUT2D eigenvalue weighted by molar-refractivity contribution is 0.117. The molecular weight excluding hydrogens is 204 g/mol. The zero-order valence-corrected chi connectivity index (χ0v) is 9.48. The molecule has 0 aromatic rings. The van der Waals surface area contributed by atoms with Crippen molar-refractivity contribution >= 4 is 6.03 Å². The van der Waals surface area contributed by atoms with Crippen LogP contribution >= 0.6 is 0 Å². The first kappa shape index (κ1) is 11.5. The largest absolute Gasteiger partial charge is 0.393 e. The minimum atomic E-state index is -0.167. The van der Waals surface area contributed by atoms with Gasteiger partial charge in [-0.15, -0.1) is 0 Å². The van der Waals surface area contributed by atoms with Gasteiger partial charge in [0.2, 0.25) is 0 Å². The van der Waals surface area contributed by atoms with Gasteiger partial charge in [-0.05, 0) is 38.5 Å². The van der Waals surface area contributed by atoms with Gasteiger partial charge in [0.25, 0.3) is 0 Å². The van der Waals surface area contributed by atoms with Gasteiger partial charge in [0.1, 0.15) is 0 Å². The lowest BCUT2D eigenvalue weighted by Gasteiger charge is -2.26. The Morgan fingerprint density at radius 3 is 2.19 bits per heavy atom. The number of carbonyl (C=O) groups excluding carboxylic acids is 1. The van der Waals surface area contributed by atoms with Gasteiger partial charge >= 0.3 is 6.03 Å². The van der Waals surface area contributed by atoms with Crippen molar-refractivity contribution in [2.24, 2.45) is 0 Å². The molecule has 16 heavy (non-hydrogen) atoms. The molecule has 0 heterocycles. The molecule has 0 aliphatic heterocycles. The maximum atomic E-state index is 11.6. The van der Waals surface area contributed by atoms with E-state index in [0.29, 0.717) is 0 Å². The van der Waals surface area contributed by atoms with E-state index in [9.17, 15) is 9.90 Å². The third-order valence-corrected chi connectivity index (χ3v) is 3.38. The summed E-state index contributed by atoms with van der Waals surface area (Å²) in [4.78, 5) is 11.6. The van der Waals surface area contributed by atoms with Crippen LogP contribution in [-0.4, -0.2) is 29.3 Å². The summed E-state index contributed by atoms with van der Waals surface area (Å²) in [6.45, 7) is 0. The SMILES string of the molecule is O=C(NC1CC=CC1)NC1CCC(O)CC1. The highest BCUT2D eigenvalue weighted by atomic mass is 16.3. The fourth-order valence-electron chi connectivity index (χ4n) is 2.37. The average molecular weight is 224 g/mol. The van der Waals surface area contributed by atoms with Crippen LogP contribution in [0.5, 0.6) is 0 Å². The molecule has 2 aliphatic rings. The Morgan fingerprint density at radius 1 is 1.00 bits per heavy atom. The molecule has 90 valence electrons. The summed E-state index contributed by atoms with van der Waals surface area (Å²) in [5, 5.41) is 15.3. The van der Waals surface area contributed by atoms with Gasteiger partial charge in [-0.25, -0.2) is 4.79 Å². The number of urea groups is 1. The van der Waals surface area contributed by atoms with Crippen LogP contribution < -0.4 is 10.6 Å². The van der Waals surface area contributed by atoms with Crippen LogP contribution in [0.2, 0.25) is 0 Å². The third-order valence-electron chi connectivity index (χ3n) is 3.38. The second kappa shape index (κ2) is 5.34. The smallest absolute Gasteiger partial charge is 0.315 e. The van der Waals surface area contributed by atoms with E-state index in [-0.39, 0.29) is 24.2 Å². The van der Waals surface area contributed by atoms with Crippen molar-refractivity contribution in [1.82, 2.24) is 10.6 Å². The monoisotopic (exact) mass is 224 g/mol. The van der Waals surface area contributed by atoms with E-state index < -0.39 is 0 Å². The summed E-state index contributed by atoms with van der Waals surface area (Å²) in [5.41, 5.74) is 0. The van der Waals surface area contributed by atoms with E-state index in [2.05, 4.69) is 22.8 Å². The molecule has 0 aromatic carbocycles. The minimum absolute atomic E-state index is 0.0601. The number of amides is 2. The lowest BCUT2D eigenvalue weighted by Crippen LogP contribution is -2.47. The molecule has 4 heteroatoms. The molecule has 1 saturated carbocycles. The Hall–Kier alpha value is -1.03. The first-order chi connectivity index (χ1) is 7.74. The van der Waals surface area contributed by atoms with Crippen molar-refractivity contribution in [2.75, 3.05) is 0 Å². The molecule has 4 nitrogen and oxygen atoms in total. The van der Waals surface area contributed by atoms with Crippen molar-refractivity contribution in [3.63, 3.8) is 0 Å². The normalized spacial score (nSPS) is 30.3. The number of nitrogens with one attached hydrogen (secondary N) is 2. The molecule has 2 aliphatic carbocycles. The third kappa shape index (κ3) is 3.23. The van der Waals surface area contributed by atoms with E-state index in [4.69, 9.17) is 0 Å². The summed E-state index contributed by atoms with van der Waals surface area (Å²) in [6, 6.07) is 0.446. The van der Waals surface area contributed by atoms with Gasteiger partial charge < -0.3 is 15.7 Å². The number of aliphatic hydroxyl groups excluding tert-OH is 1. The van der Waals surface area contributed by atoms with Crippen LogP contribution in [0.25, 0.3) is 0 Å². The molecule has 0 unspecified atom stereocenters. The zero-order valence-electron chi connectivity index (χ0n) is 9.48. The van der Waals surface area contributed by atoms with Crippen molar-refractivity contribution < 1.29 is 9.90 Å². The Kier molecular flexibility index (Phi) is 3.83. The van der Waals surface area contributed by atoms with Crippen LogP contribution in [0, 0.1) is 0 Å². The second-order valence-corrected chi connectivity index (χ2v) is 4.76. The summed E-state index contributed by atoms with van der Waals surface area (Å²) in [5.74, 6) is 0. The Labute approximate surface area is 96.1 Å². The van der Waals surface area contributed by atoms with Crippen molar-refractivity contribution in [3.05, 3.63) is 12.2 Å². The maximum Gasteiger partial charge on any atom is 0.315 e. The fourth-order valence-corrected chi connectivity index (χ4v) is 2.37. The standard InChI is InChI=1S/C12H20N2O2/c15-11-7-5-10(6-8-11)14-12(16)13-9-3-1-2-4-9/h1-2,9-11,15H,3-8H2,(H2,13,14,16). The van der Waals surface area contributed by atoms with Gasteiger partial charge in [-0.2, -0.15) is 0 Å². The van der Waals surface area contributed by atoms with Crippen LogP contribution in [0.15, 0.2) is 12.2 Å². The molecule has 2 rings (SSSR count). The number of aliphatic hydroxyl groups is 1. The molecule has 0 radical (unpaired) electrons. The van der Waals surface area contributed by atoms with E-state index in [1.807, 2.05) is 0 Å². The summed E-state index contributed by atoms with van der Waals surface area (Å²) in [7, 11) is 0. The van der Waals surface area contributed by atoms with Crippen LogP contribution in [0.1, 0.15) is 38.5 Å². The highest BCUT2D eigenvalue weighted by Crippen LogP contribution is 2.18. The van der Waals surface area contributed by atoms with Crippen molar-refractivity contribution in [1.29, 1.82) is 0 Å². The molecule has 0 spiro atoms. The molecule has 0 saturated heterocycles. The number of carbonyl (C=O) groups is 1. The summed E-state index contributed by atoms with van der Waals surface area (Å²) in [6.07, 6.45) is 9.29. The van der Waals surface area contributed by atoms with Crippen LogP contribution in [0.3, 0.4) is 0 Å². The lowest BCUT2D eigenvalue weighted by atomic mass is 9.93. The zero-order chi connectivity index (χ0) is 11.4. The van der Waals surface area contributed by atoms with Gasteiger partial charge in [0, 0.05) is 12.1 Å². The summed E-state index contributed by atoms with van der Waals surface area (Å²) >= 11 is 0. The molecule has 0 aromatic heterocycles. The maximum absolute atomic E-state index is 11.6. The van der Waals surface area contributed by atoms with Gasteiger partial charge in [-0.3, -0.25) is 0 Å². The first-order valence-corrected chi connectivity index (χ1v) is 6.14. The van der Waals surface area contributed by atoms with Gasteiger partial charge in [-0.1, -0.05) is 12.2 Å². The predicted octanol–water partition coefficient (Wildman–Crippen LogP) is 1.31. The molecular formula is C12H20N2O2. The molecule has 0 atom stereocenters. The van der Waals surface area contributed by atoms with Crippen molar-refractivity contribution in [3.8, 4) is 0 Å². The molecule has 2 amide bonds. The molecule has 1 fully saturated rings. The van der Waals surface area contributed by atoms with E-state index in [1.54, 1.807) is 0 Å². The molecule has 3 N–H and O–H groups in total. The van der Waals surface area contributed by atoms with E-state index in [1.165, 1.54) is 0 Å². The first-order valence-electron chi connectivity index (χ1n) is 6.14. The number of rotatable bonds is 2.